The van der Waals surface area contributed by atoms with Gasteiger partial charge >= 0.3 is 0 Å². The summed E-state index contributed by atoms with van der Waals surface area (Å²) in [5, 5.41) is 0.687. The van der Waals surface area contributed by atoms with E-state index in [2.05, 4.69) is 11.9 Å². The van der Waals surface area contributed by atoms with Crippen molar-refractivity contribution in [2.75, 3.05) is 0 Å². The molecule has 1 heterocycles. The zero-order valence-corrected chi connectivity index (χ0v) is 12.5. The van der Waals surface area contributed by atoms with E-state index in [1.54, 1.807) is 6.20 Å². The molecule has 1 atom stereocenters. The molecule has 2 rings (SSSR count). The summed E-state index contributed by atoms with van der Waals surface area (Å²) in [6.45, 7) is 4.01. The van der Waals surface area contributed by atoms with Gasteiger partial charge in [0.2, 0.25) is 0 Å². The SMILES string of the molecule is CCC(N)Cc1ccc(Oc2ccc(C)nc2)cc1Cl. The van der Waals surface area contributed by atoms with E-state index in [0.717, 1.165) is 24.1 Å². The first kappa shape index (κ1) is 14.8. The summed E-state index contributed by atoms with van der Waals surface area (Å²) >= 11 is 6.27. The van der Waals surface area contributed by atoms with Crippen LogP contribution in [-0.2, 0) is 6.42 Å². The molecule has 1 aromatic carbocycles. The summed E-state index contributed by atoms with van der Waals surface area (Å²) in [4.78, 5) is 4.19. The van der Waals surface area contributed by atoms with Crippen LogP contribution in [0.2, 0.25) is 5.02 Å². The predicted molar refractivity (Wildman–Crippen MR) is 82.5 cm³/mol. The topological polar surface area (TPSA) is 48.1 Å². The molecule has 0 aliphatic heterocycles. The van der Waals surface area contributed by atoms with Gasteiger partial charge in [-0.1, -0.05) is 24.6 Å². The first-order chi connectivity index (χ1) is 9.58. The number of hydrogen-bond acceptors (Lipinski definition) is 3. The smallest absolute Gasteiger partial charge is 0.145 e. The van der Waals surface area contributed by atoms with Gasteiger partial charge in [0, 0.05) is 16.8 Å². The van der Waals surface area contributed by atoms with Gasteiger partial charge in [-0.3, -0.25) is 4.98 Å². The van der Waals surface area contributed by atoms with Crippen molar-refractivity contribution in [3.05, 3.63) is 52.8 Å². The average molecular weight is 291 g/mol. The number of pyridine rings is 1. The third kappa shape index (κ3) is 3.95. The largest absolute Gasteiger partial charge is 0.456 e. The first-order valence-electron chi connectivity index (χ1n) is 6.73. The fourth-order valence-electron chi connectivity index (χ4n) is 1.83. The van der Waals surface area contributed by atoms with Crippen LogP contribution in [0.15, 0.2) is 36.5 Å². The number of aromatic nitrogens is 1. The number of nitrogens with zero attached hydrogens (tertiary/aromatic N) is 1. The van der Waals surface area contributed by atoms with Gasteiger partial charge in [-0.25, -0.2) is 0 Å². The van der Waals surface area contributed by atoms with Gasteiger partial charge in [0.05, 0.1) is 6.20 Å². The predicted octanol–water partition coefficient (Wildman–Crippen LogP) is 4.12. The van der Waals surface area contributed by atoms with Crippen LogP contribution in [-0.4, -0.2) is 11.0 Å². The number of hydrogen-bond donors (Lipinski definition) is 1. The summed E-state index contributed by atoms with van der Waals surface area (Å²) in [6.07, 6.45) is 3.41. The molecule has 0 saturated heterocycles. The van der Waals surface area contributed by atoms with E-state index >= 15 is 0 Å². The zero-order valence-electron chi connectivity index (χ0n) is 11.8. The quantitative estimate of drug-likeness (QED) is 0.901. The third-order valence-electron chi connectivity index (χ3n) is 3.15. The van der Waals surface area contributed by atoms with Crippen LogP contribution in [0.3, 0.4) is 0 Å². The van der Waals surface area contributed by atoms with Gasteiger partial charge in [-0.05, 0) is 49.6 Å². The minimum Gasteiger partial charge on any atom is -0.456 e. The molecule has 20 heavy (non-hydrogen) atoms. The summed E-state index contributed by atoms with van der Waals surface area (Å²) in [5.74, 6) is 1.40. The monoisotopic (exact) mass is 290 g/mol. The molecule has 0 bridgehead atoms. The molecule has 0 radical (unpaired) electrons. The molecule has 4 heteroatoms. The second-order valence-corrected chi connectivity index (χ2v) is 5.27. The molecule has 2 aromatic rings. The summed E-state index contributed by atoms with van der Waals surface area (Å²) < 4.78 is 5.72. The number of ether oxygens (including phenoxy) is 1. The highest BCUT2D eigenvalue weighted by Crippen LogP contribution is 2.27. The lowest BCUT2D eigenvalue weighted by Crippen LogP contribution is -2.21. The Hall–Kier alpha value is -1.58. The van der Waals surface area contributed by atoms with E-state index in [1.807, 2.05) is 37.3 Å². The lowest BCUT2D eigenvalue weighted by molar-refractivity contribution is 0.479. The van der Waals surface area contributed by atoms with Crippen molar-refractivity contribution >= 4 is 11.6 Å². The molecule has 1 unspecified atom stereocenters. The van der Waals surface area contributed by atoms with Gasteiger partial charge in [0.1, 0.15) is 11.5 Å². The second-order valence-electron chi connectivity index (χ2n) is 4.86. The van der Waals surface area contributed by atoms with Gasteiger partial charge in [-0.15, -0.1) is 0 Å². The van der Waals surface area contributed by atoms with Gasteiger partial charge in [-0.2, -0.15) is 0 Å². The fourth-order valence-corrected chi connectivity index (χ4v) is 2.08. The molecule has 0 aliphatic rings. The Bertz CT molecular complexity index is 569. The standard InChI is InChI=1S/C16H19ClN2O/c1-3-13(18)8-12-5-7-14(9-16(12)17)20-15-6-4-11(2)19-10-15/h4-7,9-10,13H,3,8,18H2,1-2H3. The molecular weight excluding hydrogens is 272 g/mol. The maximum atomic E-state index is 6.27. The Kier molecular flexibility index (Phi) is 4.99. The molecule has 0 spiro atoms. The first-order valence-corrected chi connectivity index (χ1v) is 7.10. The normalized spacial score (nSPS) is 12.2. The van der Waals surface area contributed by atoms with Crippen LogP contribution in [0.4, 0.5) is 0 Å². The number of halogens is 1. The van der Waals surface area contributed by atoms with E-state index < -0.39 is 0 Å². The Morgan fingerprint density at radius 1 is 1.25 bits per heavy atom. The minimum atomic E-state index is 0.139. The van der Waals surface area contributed by atoms with E-state index in [0.29, 0.717) is 16.5 Å². The highest BCUT2D eigenvalue weighted by atomic mass is 35.5. The van der Waals surface area contributed by atoms with E-state index in [4.69, 9.17) is 22.1 Å². The van der Waals surface area contributed by atoms with Gasteiger partial charge < -0.3 is 10.5 Å². The third-order valence-corrected chi connectivity index (χ3v) is 3.50. The number of rotatable bonds is 5. The molecule has 106 valence electrons. The van der Waals surface area contributed by atoms with E-state index in [1.165, 1.54) is 0 Å². The fraction of sp³-hybridized carbons (Fsp3) is 0.312. The number of benzene rings is 1. The van der Waals surface area contributed by atoms with E-state index in [-0.39, 0.29) is 6.04 Å². The zero-order chi connectivity index (χ0) is 14.5. The molecule has 2 N–H and O–H groups in total. The lowest BCUT2D eigenvalue weighted by atomic mass is 10.0. The van der Waals surface area contributed by atoms with Crippen LogP contribution >= 0.6 is 11.6 Å². The molecular formula is C16H19ClN2O. The Morgan fingerprint density at radius 3 is 2.60 bits per heavy atom. The lowest BCUT2D eigenvalue weighted by Gasteiger charge is -2.12. The average Bonchev–Trinajstić information content (AvgIpc) is 2.44. The molecule has 3 nitrogen and oxygen atoms in total. The van der Waals surface area contributed by atoms with Crippen LogP contribution in [0, 0.1) is 6.92 Å². The summed E-state index contributed by atoms with van der Waals surface area (Å²) in [6, 6.07) is 9.63. The maximum Gasteiger partial charge on any atom is 0.145 e. The Morgan fingerprint density at radius 2 is 2.00 bits per heavy atom. The van der Waals surface area contributed by atoms with Crippen LogP contribution in [0.1, 0.15) is 24.6 Å². The molecule has 1 aromatic heterocycles. The van der Waals surface area contributed by atoms with Crippen molar-refractivity contribution in [1.29, 1.82) is 0 Å². The molecule has 0 fully saturated rings. The number of nitrogens with two attached hydrogens (primary N) is 1. The van der Waals surface area contributed by atoms with Crippen LogP contribution in [0.5, 0.6) is 11.5 Å². The Balaban J connectivity index is 2.10. The molecule has 0 saturated carbocycles. The van der Waals surface area contributed by atoms with Crippen LogP contribution in [0.25, 0.3) is 0 Å². The van der Waals surface area contributed by atoms with E-state index in [9.17, 15) is 0 Å². The molecule has 0 amide bonds. The van der Waals surface area contributed by atoms with Gasteiger partial charge in [0.15, 0.2) is 0 Å². The van der Waals surface area contributed by atoms with Crippen molar-refractivity contribution in [1.82, 2.24) is 4.98 Å². The highest BCUT2D eigenvalue weighted by molar-refractivity contribution is 6.31. The van der Waals surface area contributed by atoms with Crippen molar-refractivity contribution in [2.24, 2.45) is 5.73 Å². The van der Waals surface area contributed by atoms with Gasteiger partial charge in [0.25, 0.3) is 0 Å². The van der Waals surface area contributed by atoms with Crippen molar-refractivity contribution in [3.63, 3.8) is 0 Å². The van der Waals surface area contributed by atoms with Crippen LogP contribution < -0.4 is 10.5 Å². The van der Waals surface area contributed by atoms with Crippen molar-refractivity contribution in [2.45, 2.75) is 32.7 Å². The summed E-state index contributed by atoms with van der Waals surface area (Å²) in [7, 11) is 0. The van der Waals surface area contributed by atoms with Crippen molar-refractivity contribution in [3.8, 4) is 11.5 Å². The highest BCUT2D eigenvalue weighted by Gasteiger charge is 2.07. The summed E-state index contributed by atoms with van der Waals surface area (Å²) in [5.41, 5.74) is 7.96. The maximum absolute atomic E-state index is 6.27. The minimum absolute atomic E-state index is 0.139. The molecule has 0 aliphatic carbocycles. The number of aryl methyl sites for hydroxylation is 1. The van der Waals surface area contributed by atoms with Crippen molar-refractivity contribution < 1.29 is 4.74 Å². The second kappa shape index (κ2) is 6.73. The Labute approximate surface area is 124 Å².